The Morgan fingerprint density at radius 3 is 2.70 bits per heavy atom. The maximum Gasteiger partial charge on any atom is 0.237 e. The molecule has 0 aliphatic rings. The first kappa shape index (κ1) is 17.4. The van der Waals surface area contributed by atoms with Crippen molar-refractivity contribution in [3.8, 4) is 6.07 Å². The topological polar surface area (TPSA) is 69.9 Å². The van der Waals surface area contributed by atoms with E-state index in [0.717, 1.165) is 20.6 Å². The second-order valence-electron chi connectivity index (χ2n) is 5.10. The third-order valence-electron chi connectivity index (χ3n) is 3.38. The van der Waals surface area contributed by atoms with Crippen molar-refractivity contribution in [2.75, 3.05) is 17.2 Å². The summed E-state index contributed by atoms with van der Waals surface area (Å²) < 4.78 is 0.788. The molecular formula is C16H18N4OS2. The first-order chi connectivity index (χ1) is 11.0. The Labute approximate surface area is 144 Å². The van der Waals surface area contributed by atoms with Gasteiger partial charge in [0.25, 0.3) is 0 Å². The molecule has 0 N–H and O–H groups in total. The van der Waals surface area contributed by atoms with Crippen molar-refractivity contribution < 1.29 is 4.79 Å². The number of nitrogens with zero attached hydrogens (tertiary/aromatic N) is 4. The standard InChI is InChI=1S/C16H18N4OS2/c1-11-5-6-14(9-12(11)2)20(8-4-7-17)15(21)10-22-16-19-18-13(3)23-16/h5-6,9H,4,8,10H2,1-3H3. The van der Waals surface area contributed by atoms with Crippen LogP contribution in [0.1, 0.15) is 22.6 Å². The fourth-order valence-electron chi connectivity index (χ4n) is 1.99. The summed E-state index contributed by atoms with van der Waals surface area (Å²) in [5.74, 6) is 0.258. The van der Waals surface area contributed by atoms with Gasteiger partial charge in [-0.2, -0.15) is 5.26 Å². The number of hydrogen-bond acceptors (Lipinski definition) is 6. The molecule has 0 fully saturated rings. The molecule has 0 unspecified atom stereocenters. The molecule has 120 valence electrons. The highest BCUT2D eigenvalue weighted by molar-refractivity contribution is 8.01. The molecule has 5 nitrogen and oxygen atoms in total. The Hall–Kier alpha value is -1.91. The number of aromatic nitrogens is 2. The van der Waals surface area contributed by atoms with E-state index in [1.165, 1.54) is 28.7 Å². The molecule has 2 aromatic rings. The van der Waals surface area contributed by atoms with Crippen molar-refractivity contribution in [1.29, 1.82) is 5.26 Å². The third kappa shape index (κ3) is 4.78. The molecule has 0 radical (unpaired) electrons. The van der Waals surface area contributed by atoms with Crippen LogP contribution in [0, 0.1) is 32.1 Å². The minimum atomic E-state index is -0.0265. The molecule has 1 aromatic carbocycles. The van der Waals surface area contributed by atoms with E-state index in [1.807, 2.05) is 39.0 Å². The summed E-state index contributed by atoms with van der Waals surface area (Å²) in [7, 11) is 0. The minimum Gasteiger partial charge on any atom is -0.311 e. The highest BCUT2D eigenvalue weighted by atomic mass is 32.2. The van der Waals surface area contributed by atoms with E-state index in [1.54, 1.807) is 4.90 Å². The first-order valence-electron chi connectivity index (χ1n) is 7.18. The average molecular weight is 346 g/mol. The number of amides is 1. The van der Waals surface area contributed by atoms with Crippen LogP contribution < -0.4 is 4.90 Å². The van der Waals surface area contributed by atoms with Crippen molar-refractivity contribution in [3.05, 3.63) is 34.3 Å². The summed E-state index contributed by atoms with van der Waals surface area (Å²) >= 11 is 2.86. The summed E-state index contributed by atoms with van der Waals surface area (Å²) in [5, 5.41) is 17.7. The Kier molecular flexibility index (Phi) is 6.13. The monoisotopic (exact) mass is 346 g/mol. The zero-order valence-corrected chi connectivity index (χ0v) is 15.0. The molecule has 1 aromatic heterocycles. The molecule has 7 heteroatoms. The van der Waals surface area contributed by atoms with Crippen molar-refractivity contribution in [2.45, 2.75) is 31.5 Å². The molecule has 2 rings (SSSR count). The van der Waals surface area contributed by atoms with E-state index < -0.39 is 0 Å². The number of rotatable bonds is 6. The van der Waals surface area contributed by atoms with Gasteiger partial charge in [0, 0.05) is 12.2 Å². The summed E-state index contributed by atoms with van der Waals surface area (Å²) in [4.78, 5) is 14.3. The van der Waals surface area contributed by atoms with E-state index in [4.69, 9.17) is 5.26 Å². The summed E-state index contributed by atoms with van der Waals surface area (Å²) in [6.07, 6.45) is 0.307. The normalized spacial score (nSPS) is 10.3. The van der Waals surface area contributed by atoms with E-state index >= 15 is 0 Å². The van der Waals surface area contributed by atoms with Crippen LogP contribution in [0.5, 0.6) is 0 Å². The number of carbonyl (C=O) groups is 1. The molecule has 0 atom stereocenters. The van der Waals surface area contributed by atoms with Gasteiger partial charge in [-0.3, -0.25) is 4.79 Å². The van der Waals surface area contributed by atoms with Gasteiger partial charge in [-0.1, -0.05) is 29.2 Å². The van der Waals surface area contributed by atoms with Gasteiger partial charge in [0.05, 0.1) is 18.2 Å². The van der Waals surface area contributed by atoms with Crippen molar-refractivity contribution in [1.82, 2.24) is 10.2 Å². The van der Waals surface area contributed by atoms with E-state index in [-0.39, 0.29) is 11.7 Å². The summed E-state index contributed by atoms with van der Waals surface area (Å²) in [6, 6.07) is 8.02. The largest absolute Gasteiger partial charge is 0.311 e. The molecule has 0 saturated heterocycles. The Morgan fingerprint density at radius 1 is 1.30 bits per heavy atom. The van der Waals surface area contributed by atoms with Crippen molar-refractivity contribution in [3.63, 3.8) is 0 Å². The number of anilines is 1. The summed E-state index contributed by atoms with van der Waals surface area (Å²) in [6.45, 7) is 6.34. The lowest BCUT2D eigenvalue weighted by molar-refractivity contribution is -0.116. The maximum absolute atomic E-state index is 12.6. The molecule has 1 amide bonds. The molecule has 0 bridgehead atoms. The molecule has 1 heterocycles. The number of hydrogen-bond donors (Lipinski definition) is 0. The number of benzene rings is 1. The maximum atomic E-state index is 12.6. The second-order valence-corrected chi connectivity index (χ2v) is 7.50. The van der Waals surface area contributed by atoms with Crippen LogP contribution in [0.3, 0.4) is 0 Å². The van der Waals surface area contributed by atoms with E-state index in [9.17, 15) is 4.79 Å². The zero-order valence-electron chi connectivity index (χ0n) is 13.4. The van der Waals surface area contributed by atoms with E-state index in [0.29, 0.717) is 13.0 Å². The van der Waals surface area contributed by atoms with Crippen molar-refractivity contribution >= 4 is 34.7 Å². The number of thioether (sulfide) groups is 1. The SMILES string of the molecule is Cc1nnc(SCC(=O)N(CCC#N)c2ccc(C)c(C)c2)s1. The van der Waals surface area contributed by atoms with Gasteiger partial charge in [-0.05, 0) is 44.0 Å². The van der Waals surface area contributed by atoms with E-state index in [2.05, 4.69) is 16.3 Å². The number of nitriles is 1. The third-order valence-corrected chi connectivity index (χ3v) is 5.33. The predicted octanol–water partition coefficient (Wildman–Crippen LogP) is 3.50. The lowest BCUT2D eigenvalue weighted by atomic mass is 10.1. The van der Waals surface area contributed by atoms with Crippen LogP contribution in [-0.2, 0) is 4.79 Å². The lowest BCUT2D eigenvalue weighted by Gasteiger charge is -2.22. The van der Waals surface area contributed by atoms with Gasteiger partial charge >= 0.3 is 0 Å². The number of aryl methyl sites for hydroxylation is 3. The lowest BCUT2D eigenvalue weighted by Crippen LogP contribution is -2.33. The van der Waals surface area contributed by atoms with Crippen LogP contribution in [-0.4, -0.2) is 28.4 Å². The highest BCUT2D eigenvalue weighted by Crippen LogP contribution is 2.24. The second kappa shape index (κ2) is 8.09. The minimum absolute atomic E-state index is 0.0265. The fraction of sp³-hybridized carbons (Fsp3) is 0.375. The number of carbonyl (C=O) groups excluding carboxylic acids is 1. The molecule has 0 aliphatic heterocycles. The van der Waals surface area contributed by atoms with Gasteiger partial charge in [0.2, 0.25) is 5.91 Å². The van der Waals surface area contributed by atoms with Gasteiger partial charge in [-0.25, -0.2) is 0 Å². The average Bonchev–Trinajstić information content (AvgIpc) is 2.94. The van der Waals surface area contributed by atoms with Gasteiger partial charge < -0.3 is 4.90 Å². The molecule has 0 spiro atoms. The molecule has 23 heavy (non-hydrogen) atoms. The molecular weight excluding hydrogens is 328 g/mol. The van der Waals surface area contributed by atoms with Crippen LogP contribution in [0.4, 0.5) is 5.69 Å². The fourth-order valence-corrected chi connectivity index (χ4v) is 3.68. The molecule has 0 aliphatic carbocycles. The Bertz CT molecular complexity index is 736. The van der Waals surface area contributed by atoms with Gasteiger partial charge in [0.15, 0.2) is 4.34 Å². The smallest absolute Gasteiger partial charge is 0.237 e. The molecule has 0 saturated carbocycles. The zero-order chi connectivity index (χ0) is 16.8. The first-order valence-corrected chi connectivity index (χ1v) is 8.99. The quantitative estimate of drug-likeness (QED) is 0.749. The van der Waals surface area contributed by atoms with Crippen LogP contribution in [0.15, 0.2) is 22.5 Å². The van der Waals surface area contributed by atoms with Crippen molar-refractivity contribution in [2.24, 2.45) is 0 Å². The summed E-state index contributed by atoms with van der Waals surface area (Å²) in [5.41, 5.74) is 3.15. The predicted molar refractivity (Wildman–Crippen MR) is 93.9 cm³/mol. The van der Waals surface area contributed by atoms with Gasteiger partial charge in [0.1, 0.15) is 5.01 Å². The highest BCUT2D eigenvalue weighted by Gasteiger charge is 2.17. The van der Waals surface area contributed by atoms with Gasteiger partial charge in [-0.15, -0.1) is 10.2 Å². The Balaban J connectivity index is 2.11. The Morgan fingerprint density at radius 2 is 2.09 bits per heavy atom. The van der Waals surface area contributed by atoms with Crippen LogP contribution in [0.2, 0.25) is 0 Å². The van der Waals surface area contributed by atoms with Crippen LogP contribution >= 0.6 is 23.1 Å². The van der Waals surface area contributed by atoms with Crippen LogP contribution in [0.25, 0.3) is 0 Å².